The Kier molecular flexibility index (Phi) is 6.13. The van der Waals surface area contributed by atoms with Crippen LogP contribution in [0.4, 0.5) is 11.4 Å². The predicted octanol–water partition coefficient (Wildman–Crippen LogP) is 4.48. The van der Waals surface area contributed by atoms with Gasteiger partial charge in [-0.25, -0.2) is 8.42 Å². The molecule has 4 rings (SSSR count). The van der Waals surface area contributed by atoms with Crippen molar-refractivity contribution in [3.63, 3.8) is 0 Å². The van der Waals surface area contributed by atoms with Crippen LogP contribution in [0.2, 0.25) is 0 Å². The molecule has 0 aliphatic carbocycles. The van der Waals surface area contributed by atoms with Gasteiger partial charge in [0, 0.05) is 30.4 Å². The van der Waals surface area contributed by atoms with Crippen LogP contribution in [-0.2, 0) is 21.4 Å². The average molecular weight is 450 g/mol. The number of sulfonamides is 1. The minimum Gasteiger partial charge on any atom is -0.495 e. The van der Waals surface area contributed by atoms with Crippen LogP contribution in [0.25, 0.3) is 10.9 Å². The van der Waals surface area contributed by atoms with E-state index in [2.05, 4.69) is 10.0 Å². The smallest absolute Gasteiger partial charge is 0.262 e. The summed E-state index contributed by atoms with van der Waals surface area (Å²) in [5.74, 6) is 0.216. The Morgan fingerprint density at radius 2 is 1.75 bits per heavy atom. The van der Waals surface area contributed by atoms with Crippen molar-refractivity contribution in [3.8, 4) is 5.75 Å². The third-order valence-corrected chi connectivity index (χ3v) is 6.40. The van der Waals surface area contributed by atoms with Gasteiger partial charge in [-0.2, -0.15) is 0 Å². The molecule has 0 saturated heterocycles. The molecule has 0 radical (unpaired) electrons. The number of carbonyl (C=O) groups excluding carboxylic acids is 1. The van der Waals surface area contributed by atoms with Crippen molar-refractivity contribution in [1.82, 2.24) is 4.57 Å². The number of benzene rings is 3. The van der Waals surface area contributed by atoms with Gasteiger partial charge in [-0.1, -0.05) is 36.4 Å². The summed E-state index contributed by atoms with van der Waals surface area (Å²) < 4.78 is 35.4. The average Bonchev–Trinajstić information content (AvgIpc) is 3.21. The molecule has 3 aromatic carbocycles. The monoisotopic (exact) mass is 449 g/mol. The second-order valence-corrected chi connectivity index (χ2v) is 8.88. The molecule has 0 unspecified atom stereocenters. The molecule has 1 amide bonds. The molecular formula is C24H23N3O4S. The number of methoxy groups -OCH3 is 1. The highest BCUT2D eigenvalue weighted by Gasteiger charge is 2.17. The maximum absolute atomic E-state index is 12.8. The Bertz CT molecular complexity index is 1360. The SMILES string of the molecule is COc1ccccc1NS(=O)(=O)c1cccc(NC(=O)CCn2ccc3ccccc32)c1. The lowest BCUT2D eigenvalue weighted by Crippen LogP contribution is -2.16. The fourth-order valence-corrected chi connectivity index (χ4v) is 4.57. The van der Waals surface area contributed by atoms with Gasteiger partial charge < -0.3 is 14.6 Å². The van der Waals surface area contributed by atoms with Crippen molar-refractivity contribution in [2.45, 2.75) is 17.9 Å². The Hall–Kier alpha value is -3.78. The molecule has 0 bridgehead atoms. The fraction of sp³-hybridized carbons (Fsp3) is 0.125. The number of nitrogens with one attached hydrogen (secondary N) is 2. The lowest BCUT2D eigenvalue weighted by molar-refractivity contribution is -0.116. The van der Waals surface area contributed by atoms with Crippen molar-refractivity contribution in [2.75, 3.05) is 17.1 Å². The number of para-hydroxylation sites is 3. The molecule has 2 N–H and O–H groups in total. The van der Waals surface area contributed by atoms with Crippen molar-refractivity contribution in [1.29, 1.82) is 0 Å². The van der Waals surface area contributed by atoms with Crippen molar-refractivity contribution >= 4 is 38.2 Å². The van der Waals surface area contributed by atoms with Gasteiger partial charge in [-0.15, -0.1) is 0 Å². The van der Waals surface area contributed by atoms with Crippen molar-refractivity contribution in [2.24, 2.45) is 0 Å². The first-order chi connectivity index (χ1) is 15.5. The summed E-state index contributed by atoms with van der Waals surface area (Å²) in [5, 5.41) is 3.90. The molecule has 7 nitrogen and oxygen atoms in total. The molecule has 1 aromatic heterocycles. The van der Waals surface area contributed by atoms with Gasteiger partial charge in [0.15, 0.2) is 0 Å². The summed E-state index contributed by atoms with van der Waals surface area (Å²) in [7, 11) is -2.39. The molecular weight excluding hydrogens is 426 g/mol. The predicted molar refractivity (Wildman–Crippen MR) is 125 cm³/mol. The number of fused-ring (bicyclic) bond motifs is 1. The minimum atomic E-state index is -3.86. The molecule has 0 saturated carbocycles. The first-order valence-electron chi connectivity index (χ1n) is 10.1. The van der Waals surface area contributed by atoms with Crippen LogP contribution in [-0.4, -0.2) is 26.0 Å². The van der Waals surface area contributed by atoms with Crippen LogP contribution in [0.5, 0.6) is 5.75 Å². The van der Waals surface area contributed by atoms with Gasteiger partial charge in [0.25, 0.3) is 10.0 Å². The Balaban J connectivity index is 1.43. The first kappa shape index (κ1) is 21.5. The maximum atomic E-state index is 12.8. The topological polar surface area (TPSA) is 89.4 Å². The summed E-state index contributed by atoms with van der Waals surface area (Å²) in [6, 6.07) is 22.9. The van der Waals surface area contributed by atoms with E-state index in [1.807, 2.05) is 41.1 Å². The maximum Gasteiger partial charge on any atom is 0.262 e. The minimum absolute atomic E-state index is 0.0395. The molecule has 4 aromatic rings. The van der Waals surface area contributed by atoms with Gasteiger partial charge in [0.05, 0.1) is 17.7 Å². The molecule has 8 heteroatoms. The summed E-state index contributed by atoms with van der Waals surface area (Å²) >= 11 is 0. The van der Waals surface area contributed by atoms with Gasteiger partial charge in [-0.3, -0.25) is 9.52 Å². The van der Waals surface area contributed by atoms with Crippen LogP contribution in [0.3, 0.4) is 0 Å². The van der Waals surface area contributed by atoms with Gasteiger partial charge in [0.1, 0.15) is 5.75 Å². The largest absolute Gasteiger partial charge is 0.495 e. The standard InChI is InChI=1S/C24H23N3O4S/c1-31-23-12-5-3-10-21(23)26-32(29,30)20-9-6-8-19(17-20)25-24(28)14-16-27-15-13-18-7-2-4-11-22(18)27/h2-13,15,17,26H,14,16H2,1H3,(H,25,28). The van der Waals surface area contributed by atoms with E-state index in [9.17, 15) is 13.2 Å². The lowest BCUT2D eigenvalue weighted by atomic mass is 10.2. The number of aryl methyl sites for hydroxylation is 1. The van der Waals surface area contributed by atoms with E-state index in [0.29, 0.717) is 23.7 Å². The molecule has 0 fully saturated rings. The van der Waals surface area contributed by atoms with Gasteiger partial charge in [-0.05, 0) is 47.9 Å². The quantitative estimate of drug-likeness (QED) is 0.415. The lowest BCUT2D eigenvalue weighted by Gasteiger charge is -2.13. The number of nitrogens with zero attached hydrogens (tertiary/aromatic N) is 1. The van der Waals surface area contributed by atoms with Crippen molar-refractivity contribution in [3.05, 3.63) is 85.1 Å². The van der Waals surface area contributed by atoms with E-state index in [1.165, 1.54) is 19.2 Å². The van der Waals surface area contributed by atoms with Gasteiger partial charge in [0.2, 0.25) is 5.91 Å². The fourth-order valence-electron chi connectivity index (χ4n) is 3.45. The Morgan fingerprint density at radius 1 is 0.969 bits per heavy atom. The van der Waals surface area contributed by atoms with E-state index in [1.54, 1.807) is 36.4 Å². The van der Waals surface area contributed by atoms with Crippen molar-refractivity contribution < 1.29 is 17.9 Å². The number of carbonyl (C=O) groups is 1. The number of anilines is 2. The highest BCUT2D eigenvalue weighted by atomic mass is 32.2. The van der Waals surface area contributed by atoms with Crippen LogP contribution in [0.15, 0.2) is 90.0 Å². The number of aromatic nitrogens is 1. The number of amides is 1. The third kappa shape index (κ3) is 4.76. The highest BCUT2D eigenvalue weighted by molar-refractivity contribution is 7.92. The van der Waals surface area contributed by atoms with Crippen LogP contribution >= 0.6 is 0 Å². The normalized spacial score (nSPS) is 11.3. The Labute approximate surface area is 186 Å². The molecule has 32 heavy (non-hydrogen) atoms. The summed E-state index contributed by atoms with van der Waals surface area (Å²) in [4.78, 5) is 12.5. The third-order valence-electron chi connectivity index (χ3n) is 5.04. The zero-order chi connectivity index (χ0) is 22.6. The molecule has 0 aliphatic heterocycles. The van der Waals surface area contributed by atoms with Crippen LogP contribution < -0.4 is 14.8 Å². The molecule has 1 heterocycles. The highest BCUT2D eigenvalue weighted by Crippen LogP contribution is 2.27. The number of hydrogen-bond acceptors (Lipinski definition) is 4. The zero-order valence-corrected chi connectivity index (χ0v) is 18.3. The first-order valence-corrected chi connectivity index (χ1v) is 11.5. The van der Waals surface area contributed by atoms with E-state index >= 15 is 0 Å². The molecule has 0 atom stereocenters. The molecule has 164 valence electrons. The van der Waals surface area contributed by atoms with E-state index < -0.39 is 10.0 Å². The summed E-state index contributed by atoms with van der Waals surface area (Å²) in [6.45, 7) is 0.521. The van der Waals surface area contributed by atoms with Crippen LogP contribution in [0.1, 0.15) is 6.42 Å². The zero-order valence-electron chi connectivity index (χ0n) is 17.5. The van der Waals surface area contributed by atoms with Gasteiger partial charge >= 0.3 is 0 Å². The van der Waals surface area contributed by atoms with E-state index in [0.717, 1.165) is 10.9 Å². The molecule has 0 spiro atoms. The molecule has 0 aliphatic rings. The van der Waals surface area contributed by atoms with Crippen LogP contribution in [0, 0.1) is 0 Å². The Morgan fingerprint density at radius 3 is 2.59 bits per heavy atom. The summed E-state index contributed by atoms with van der Waals surface area (Å²) in [6.07, 6.45) is 2.21. The van der Waals surface area contributed by atoms with E-state index in [-0.39, 0.29) is 17.2 Å². The summed E-state index contributed by atoms with van der Waals surface area (Å²) in [5.41, 5.74) is 1.81. The second-order valence-electron chi connectivity index (χ2n) is 7.20. The van der Waals surface area contributed by atoms with E-state index in [4.69, 9.17) is 4.74 Å². The number of ether oxygens (including phenoxy) is 1. The number of hydrogen-bond donors (Lipinski definition) is 2. The number of rotatable bonds is 8. The second kappa shape index (κ2) is 9.15.